The van der Waals surface area contributed by atoms with Crippen molar-refractivity contribution in [2.75, 3.05) is 19.0 Å². The first-order chi connectivity index (χ1) is 17.8. The number of non-ortho nitro benzene ring substituents is 1. The molecule has 10 heteroatoms. The fraction of sp³-hybridized carbons (Fsp3) is 0.185. The van der Waals surface area contributed by atoms with Crippen molar-refractivity contribution in [3.05, 3.63) is 90.5 Å². The van der Waals surface area contributed by atoms with Crippen LogP contribution in [0.25, 0.3) is 6.08 Å². The van der Waals surface area contributed by atoms with E-state index in [4.69, 9.17) is 14.2 Å². The first-order valence-electron chi connectivity index (χ1n) is 11.2. The van der Waals surface area contributed by atoms with Crippen LogP contribution in [0.1, 0.15) is 23.6 Å². The van der Waals surface area contributed by atoms with Crippen molar-refractivity contribution in [3.63, 3.8) is 0 Å². The van der Waals surface area contributed by atoms with Gasteiger partial charge in [-0.2, -0.15) is 5.26 Å². The third-order valence-electron chi connectivity index (χ3n) is 5.29. The number of nitrogens with one attached hydrogen (secondary N) is 1. The van der Waals surface area contributed by atoms with Crippen molar-refractivity contribution in [3.8, 4) is 23.3 Å². The summed E-state index contributed by atoms with van der Waals surface area (Å²) >= 11 is 2.13. The smallest absolute Gasteiger partial charge is 0.273 e. The molecule has 37 heavy (non-hydrogen) atoms. The van der Waals surface area contributed by atoms with E-state index in [0.29, 0.717) is 30.3 Å². The third kappa shape index (κ3) is 6.98. The van der Waals surface area contributed by atoms with Gasteiger partial charge in [0.2, 0.25) is 0 Å². The van der Waals surface area contributed by atoms with E-state index in [1.54, 1.807) is 12.1 Å². The van der Waals surface area contributed by atoms with Gasteiger partial charge in [-0.3, -0.25) is 14.9 Å². The van der Waals surface area contributed by atoms with Crippen LogP contribution in [0.3, 0.4) is 0 Å². The van der Waals surface area contributed by atoms with Gasteiger partial charge in [0.1, 0.15) is 24.0 Å². The number of rotatable bonds is 10. The molecular formula is C27H24IN3O6. The Kier molecular flexibility index (Phi) is 9.45. The number of hydrogen-bond donors (Lipinski definition) is 1. The minimum Gasteiger partial charge on any atom is -0.494 e. The van der Waals surface area contributed by atoms with E-state index >= 15 is 0 Å². The highest BCUT2D eigenvalue weighted by molar-refractivity contribution is 14.1. The number of methoxy groups -OCH3 is 1. The number of nitrogens with zero attached hydrogens (tertiary/aromatic N) is 2. The maximum atomic E-state index is 12.8. The van der Waals surface area contributed by atoms with Crippen molar-refractivity contribution in [2.24, 2.45) is 0 Å². The van der Waals surface area contributed by atoms with Crippen LogP contribution in [0.4, 0.5) is 11.4 Å². The van der Waals surface area contributed by atoms with E-state index in [1.807, 2.05) is 44.2 Å². The molecule has 3 aromatic carbocycles. The van der Waals surface area contributed by atoms with Crippen LogP contribution < -0.4 is 19.5 Å². The van der Waals surface area contributed by atoms with Crippen molar-refractivity contribution in [1.82, 2.24) is 0 Å². The number of halogens is 1. The van der Waals surface area contributed by atoms with Crippen molar-refractivity contribution < 1.29 is 23.9 Å². The van der Waals surface area contributed by atoms with E-state index in [9.17, 15) is 20.2 Å². The molecule has 0 aliphatic heterocycles. The van der Waals surface area contributed by atoms with Gasteiger partial charge >= 0.3 is 0 Å². The maximum absolute atomic E-state index is 12.8. The number of nitro groups is 1. The molecule has 0 saturated carbocycles. The van der Waals surface area contributed by atoms with E-state index < -0.39 is 10.8 Å². The monoisotopic (exact) mass is 613 g/mol. The summed E-state index contributed by atoms with van der Waals surface area (Å²) in [5.41, 5.74) is 2.57. The van der Waals surface area contributed by atoms with Crippen LogP contribution in [0.2, 0.25) is 0 Å². The van der Waals surface area contributed by atoms with Crippen LogP contribution in [0.5, 0.6) is 17.2 Å². The molecule has 0 aliphatic carbocycles. The van der Waals surface area contributed by atoms with Crippen molar-refractivity contribution in [1.29, 1.82) is 5.26 Å². The van der Waals surface area contributed by atoms with Crippen LogP contribution in [-0.4, -0.2) is 24.5 Å². The number of amides is 1. The number of aryl methyl sites for hydroxylation is 1. The Balaban J connectivity index is 1.87. The zero-order valence-electron chi connectivity index (χ0n) is 20.4. The molecule has 0 atom stereocenters. The van der Waals surface area contributed by atoms with Crippen LogP contribution in [-0.2, 0) is 11.4 Å². The van der Waals surface area contributed by atoms with Crippen LogP contribution >= 0.6 is 22.6 Å². The van der Waals surface area contributed by atoms with Gasteiger partial charge in [-0.1, -0.05) is 24.3 Å². The summed E-state index contributed by atoms with van der Waals surface area (Å²) < 4.78 is 17.8. The molecule has 3 rings (SSSR count). The number of carbonyl (C=O) groups excluding carboxylic acids is 1. The number of anilines is 1. The number of carbonyl (C=O) groups is 1. The molecule has 0 aromatic heterocycles. The molecule has 0 unspecified atom stereocenters. The summed E-state index contributed by atoms with van der Waals surface area (Å²) in [6.07, 6.45) is 1.43. The first kappa shape index (κ1) is 27.5. The lowest BCUT2D eigenvalue weighted by Crippen LogP contribution is -2.14. The molecule has 0 heterocycles. The minimum absolute atomic E-state index is 0.100. The van der Waals surface area contributed by atoms with Gasteiger partial charge in [-0.25, -0.2) is 0 Å². The quantitative estimate of drug-likeness (QED) is 0.0973. The van der Waals surface area contributed by atoms with Gasteiger partial charge in [0.05, 0.1) is 34.0 Å². The lowest BCUT2D eigenvalue weighted by Gasteiger charge is -2.16. The fourth-order valence-corrected chi connectivity index (χ4v) is 4.18. The Morgan fingerprint density at radius 2 is 1.92 bits per heavy atom. The number of hydrogen-bond acceptors (Lipinski definition) is 7. The van der Waals surface area contributed by atoms with Gasteiger partial charge < -0.3 is 19.5 Å². The number of nitriles is 1. The average Bonchev–Trinajstić information content (AvgIpc) is 2.87. The second-order valence-electron chi connectivity index (χ2n) is 7.74. The van der Waals surface area contributed by atoms with Crippen LogP contribution in [0, 0.1) is 31.9 Å². The van der Waals surface area contributed by atoms with Gasteiger partial charge in [0.25, 0.3) is 11.6 Å². The van der Waals surface area contributed by atoms with Crippen molar-refractivity contribution in [2.45, 2.75) is 20.5 Å². The predicted molar refractivity (Wildman–Crippen MR) is 148 cm³/mol. The molecule has 190 valence electrons. The summed E-state index contributed by atoms with van der Waals surface area (Å²) in [6.45, 7) is 4.63. The Labute approximate surface area is 227 Å². The van der Waals surface area contributed by atoms with E-state index in [-0.39, 0.29) is 22.7 Å². The highest BCUT2D eigenvalue weighted by Gasteiger charge is 2.17. The molecule has 0 bridgehead atoms. The lowest BCUT2D eigenvalue weighted by atomic mass is 10.1. The average molecular weight is 613 g/mol. The standard InChI is InChI=1S/C27H24IN3O6/c1-4-36-25-13-18(12-22(28)26(25)37-16-19-8-6-5-7-17(19)2)11-20(15-29)27(32)30-23-10-9-21(31(33)34)14-24(23)35-3/h5-14H,4,16H2,1-3H3,(H,30,32). The molecule has 0 radical (unpaired) electrons. The Hall–Kier alpha value is -4.11. The molecule has 0 aliphatic rings. The molecule has 0 spiro atoms. The first-order valence-corrected chi connectivity index (χ1v) is 12.2. The Morgan fingerprint density at radius 1 is 1.16 bits per heavy atom. The fourth-order valence-electron chi connectivity index (χ4n) is 3.40. The summed E-state index contributed by atoms with van der Waals surface area (Å²) in [6, 6.07) is 17.1. The van der Waals surface area contributed by atoms with Crippen LogP contribution in [0.15, 0.2) is 60.2 Å². The molecule has 9 nitrogen and oxygen atoms in total. The molecule has 1 N–H and O–H groups in total. The minimum atomic E-state index is -0.692. The molecular weight excluding hydrogens is 589 g/mol. The summed E-state index contributed by atoms with van der Waals surface area (Å²) in [7, 11) is 1.33. The molecule has 0 saturated heterocycles. The highest BCUT2D eigenvalue weighted by Crippen LogP contribution is 2.36. The SMILES string of the molecule is CCOc1cc(C=C(C#N)C(=O)Nc2ccc([N+](=O)[O-])cc2OC)cc(I)c1OCc1ccccc1C. The zero-order valence-corrected chi connectivity index (χ0v) is 22.6. The summed E-state index contributed by atoms with van der Waals surface area (Å²) in [4.78, 5) is 23.3. The maximum Gasteiger partial charge on any atom is 0.273 e. The van der Waals surface area contributed by atoms with Gasteiger partial charge in [-0.05, 0) is 77.4 Å². The van der Waals surface area contributed by atoms with E-state index in [0.717, 1.165) is 14.7 Å². The molecule has 0 fully saturated rings. The predicted octanol–water partition coefficient (Wildman–Crippen LogP) is 6.04. The lowest BCUT2D eigenvalue weighted by molar-refractivity contribution is -0.384. The highest BCUT2D eigenvalue weighted by atomic mass is 127. The second kappa shape index (κ2) is 12.7. The zero-order chi connectivity index (χ0) is 26.9. The van der Waals surface area contributed by atoms with E-state index in [1.165, 1.54) is 31.4 Å². The number of ether oxygens (including phenoxy) is 3. The van der Waals surface area contributed by atoms with Gasteiger partial charge in [-0.15, -0.1) is 0 Å². The molecule has 3 aromatic rings. The summed E-state index contributed by atoms with van der Waals surface area (Å²) in [5.74, 6) is 0.469. The normalized spacial score (nSPS) is 10.8. The largest absolute Gasteiger partial charge is 0.494 e. The Morgan fingerprint density at radius 3 is 2.57 bits per heavy atom. The summed E-state index contributed by atoms with van der Waals surface area (Å²) in [5, 5.41) is 23.2. The molecule has 1 amide bonds. The number of nitro benzene ring substituents is 1. The van der Waals surface area contributed by atoms with Crippen molar-refractivity contribution >= 4 is 45.9 Å². The Bertz CT molecular complexity index is 1400. The van der Waals surface area contributed by atoms with E-state index in [2.05, 4.69) is 27.9 Å². The van der Waals surface area contributed by atoms with Gasteiger partial charge in [0, 0.05) is 6.07 Å². The third-order valence-corrected chi connectivity index (χ3v) is 6.09. The number of benzene rings is 3. The topological polar surface area (TPSA) is 124 Å². The van der Waals surface area contributed by atoms with Gasteiger partial charge in [0.15, 0.2) is 11.5 Å². The second-order valence-corrected chi connectivity index (χ2v) is 8.91.